The molecule has 0 fully saturated rings. The molecule has 0 bridgehead atoms. The van der Waals surface area contributed by atoms with Crippen LogP contribution in [-0.4, -0.2) is 37.1 Å². The SMILES string of the molecule is NC[Si](c1ccccc1)c1ccc(C(=O)O)c(C(=O)O)c1. The van der Waals surface area contributed by atoms with Crippen LogP contribution in [0.1, 0.15) is 20.7 Å². The predicted octanol–water partition coefficient (Wildman–Crippen LogP) is 0.190. The minimum atomic E-state index is -1.31. The van der Waals surface area contributed by atoms with Crippen molar-refractivity contribution in [1.82, 2.24) is 0 Å². The number of benzene rings is 2. The number of hydrogen-bond donors (Lipinski definition) is 3. The van der Waals surface area contributed by atoms with Gasteiger partial charge in [-0.15, -0.1) is 0 Å². The summed E-state index contributed by atoms with van der Waals surface area (Å²) in [4.78, 5) is 22.3. The van der Waals surface area contributed by atoms with Crippen LogP contribution in [0.5, 0.6) is 0 Å². The maximum Gasteiger partial charge on any atom is 0.336 e. The van der Waals surface area contributed by atoms with Crippen molar-refractivity contribution in [1.29, 1.82) is 0 Å². The largest absolute Gasteiger partial charge is 0.478 e. The van der Waals surface area contributed by atoms with Crippen molar-refractivity contribution in [3.8, 4) is 0 Å². The first-order chi connectivity index (χ1) is 10.0. The van der Waals surface area contributed by atoms with Crippen molar-refractivity contribution in [3.05, 3.63) is 59.7 Å². The van der Waals surface area contributed by atoms with E-state index in [-0.39, 0.29) is 11.1 Å². The first-order valence-corrected chi connectivity index (χ1v) is 7.97. The molecule has 2 aromatic carbocycles. The fourth-order valence-corrected chi connectivity index (χ4v) is 4.14. The van der Waals surface area contributed by atoms with E-state index in [2.05, 4.69) is 0 Å². The second-order valence-electron chi connectivity index (χ2n) is 4.42. The topological polar surface area (TPSA) is 101 Å². The maximum atomic E-state index is 11.2. The predicted molar refractivity (Wildman–Crippen MR) is 80.9 cm³/mol. The van der Waals surface area contributed by atoms with E-state index in [1.54, 1.807) is 6.07 Å². The van der Waals surface area contributed by atoms with Crippen LogP contribution in [0, 0.1) is 0 Å². The normalized spacial score (nSPS) is 10.6. The molecule has 4 N–H and O–H groups in total. The van der Waals surface area contributed by atoms with Crippen LogP contribution in [0.15, 0.2) is 48.5 Å². The molecule has 5 nitrogen and oxygen atoms in total. The molecule has 0 unspecified atom stereocenters. The number of rotatable bonds is 5. The fraction of sp³-hybridized carbons (Fsp3) is 0.0667. The molecule has 107 valence electrons. The Kier molecular flexibility index (Phi) is 4.51. The summed E-state index contributed by atoms with van der Waals surface area (Å²) >= 11 is 0. The average molecular weight is 300 g/mol. The molecule has 0 heterocycles. The molecule has 21 heavy (non-hydrogen) atoms. The van der Waals surface area contributed by atoms with Gasteiger partial charge in [0.05, 0.1) is 11.1 Å². The van der Waals surface area contributed by atoms with E-state index in [4.69, 9.17) is 10.8 Å². The number of aromatic carboxylic acids is 2. The highest BCUT2D eigenvalue weighted by Crippen LogP contribution is 2.08. The van der Waals surface area contributed by atoms with E-state index >= 15 is 0 Å². The van der Waals surface area contributed by atoms with Crippen molar-refractivity contribution >= 4 is 31.1 Å². The van der Waals surface area contributed by atoms with Crippen molar-refractivity contribution in [3.63, 3.8) is 0 Å². The van der Waals surface area contributed by atoms with Gasteiger partial charge in [-0.25, -0.2) is 9.59 Å². The van der Waals surface area contributed by atoms with Crippen LogP contribution in [-0.2, 0) is 0 Å². The number of carboxylic acid groups (broad SMARTS) is 2. The highest BCUT2D eigenvalue weighted by molar-refractivity contribution is 6.85. The van der Waals surface area contributed by atoms with Crippen LogP contribution < -0.4 is 16.1 Å². The molecule has 0 aliphatic heterocycles. The van der Waals surface area contributed by atoms with E-state index < -0.39 is 20.7 Å². The molecular weight excluding hydrogens is 286 g/mol. The lowest BCUT2D eigenvalue weighted by Gasteiger charge is -2.15. The molecule has 0 saturated carbocycles. The van der Waals surface area contributed by atoms with Crippen molar-refractivity contribution < 1.29 is 19.8 Å². The van der Waals surface area contributed by atoms with Gasteiger partial charge < -0.3 is 15.9 Å². The third-order valence-electron chi connectivity index (χ3n) is 3.16. The number of carboxylic acids is 2. The lowest BCUT2D eigenvalue weighted by Crippen LogP contribution is -2.48. The van der Waals surface area contributed by atoms with Gasteiger partial charge in [-0.2, -0.15) is 0 Å². The summed E-state index contributed by atoms with van der Waals surface area (Å²) in [6.07, 6.45) is 0.403. The smallest absolute Gasteiger partial charge is 0.336 e. The number of carbonyl (C=O) groups is 2. The Balaban J connectivity index is 2.51. The van der Waals surface area contributed by atoms with Gasteiger partial charge in [0.2, 0.25) is 0 Å². The highest BCUT2D eigenvalue weighted by atomic mass is 28.3. The minimum absolute atomic E-state index is 0.202. The molecule has 2 aromatic rings. The highest BCUT2D eigenvalue weighted by Gasteiger charge is 2.21. The van der Waals surface area contributed by atoms with Gasteiger partial charge in [-0.3, -0.25) is 0 Å². The molecular formula is C15H14NO4Si. The van der Waals surface area contributed by atoms with Gasteiger partial charge in [0.15, 0.2) is 0 Å². The molecule has 2 rings (SSSR count). The summed E-state index contributed by atoms with van der Waals surface area (Å²) in [5.41, 5.74) is 5.43. The van der Waals surface area contributed by atoms with Crippen molar-refractivity contribution in [2.45, 2.75) is 0 Å². The standard InChI is InChI=1S/C15H14NO4Si/c16-9-21(10-4-2-1-3-5-10)11-6-7-12(14(17)18)13(8-11)15(19)20/h1-8H,9,16H2,(H,17,18)(H,19,20). The lowest BCUT2D eigenvalue weighted by atomic mass is 10.1. The van der Waals surface area contributed by atoms with Gasteiger partial charge in [0.25, 0.3) is 0 Å². The van der Waals surface area contributed by atoms with Crippen molar-refractivity contribution in [2.24, 2.45) is 5.73 Å². The van der Waals surface area contributed by atoms with Gasteiger partial charge in [0, 0.05) is 0 Å². The van der Waals surface area contributed by atoms with E-state index in [0.717, 1.165) is 10.4 Å². The molecule has 0 amide bonds. The first-order valence-electron chi connectivity index (χ1n) is 6.27. The zero-order valence-electron chi connectivity index (χ0n) is 11.1. The average Bonchev–Trinajstić information content (AvgIpc) is 2.48. The molecule has 0 aliphatic carbocycles. The van der Waals surface area contributed by atoms with Crippen LogP contribution in [0.3, 0.4) is 0 Å². The maximum absolute atomic E-state index is 11.2. The van der Waals surface area contributed by atoms with E-state index in [9.17, 15) is 14.7 Å². The molecule has 0 spiro atoms. The van der Waals surface area contributed by atoms with E-state index in [1.165, 1.54) is 12.1 Å². The Morgan fingerprint density at radius 1 is 0.905 bits per heavy atom. The van der Waals surface area contributed by atoms with Gasteiger partial charge in [-0.1, -0.05) is 46.8 Å². The quantitative estimate of drug-likeness (QED) is 0.684. The Morgan fingerprint density at radius 2 is 1.52 bits per heavy atom. The monoisotopic (exact) mass is 300 g/mol. The summed E-state index contributed by atoms with van der Waals surface area (Å²) in [5.74, 6) is -2.50. The van der Waals surface area contributed by atoms with Crippen LogP contribution in [0.25, 0.3) is 0 Å². The summed E-state index contributed by atoms with van der Waals surface area (Å²) < 4.78 is 0. The number of hydrogen-bond acceptors (Lipinski definition) is 3. The minimum Gasteiger partial charge on any atom is -0.478 e. The van der Waals surface area contributed by atoms with Crippen LogP contribution in [0.2, 0.25) is 0 Å². The summed E-state index contributed by atoms with van der Waals surface area (Å²) in [6, 6.07) is 14.0. The van der Waals surface area contributed by atoms with E-state index in [1.807, 2.05) is 30.3 Å². The zero-order valence-corrected chi connectivity index (χ0v) is 12.1. The van der Waals surface area contributed by atoms with Crippen LogP contribution in [0.4, 0.5) is 0 Å². The molecule has 1 radical (unpaired) electrons. The Morgan fingerprint density at radius 3 is 2.05 bits per heavy atom. The van der Waals surface area contributed by atoms with Gasteiger partial charge >= 0.3 is 11.9 Å². The van der Waals surface area contributed by atoms with E-state index in [0.29, 0.717) is 6.17 Å². The van der Waals surface area contributed by atoms with Gasteiger partial charge in [-0.05, 0) is 18.3 Å². The summed E-state index contributed by atoms with van der Waals surface area (Å²) in [6.45, 7) is 0. The van der Waals surface area contributed by atoms with Gasteiger partial charge in [0.1, 0.15) is 8.80 Å². The molecule has 6 heteroatoms. The lowest BCUT2D eigenvalue weighted by molar-refractivity contribution is 0.0651. The fourth-order valence-electron chi connectivity index (χ4n) is 2.14. The van der Waals surface area contributed by atoms with Crippen LogP contribution >= 0.6 is 0 Å². The summed E-state index contributed by atoms with van der Waals surface area (Å²) in [7, 11) is -1.31. The number of nitrogens with two attached hydrogens (primary N) is 1. The molecule has 0 saturated heterocycles. The zero-order chi connectivity index (χ0) is 15.4. The second kappa shape index (κ2) is 6.34. The molecule has 0 aliphatic rings. The second-order valence-corrected chi connectivity index (χ2v) is 6.94. The Hall–Kier alpha value is -2.44. The molecule has 0 aromatic heterocycles. The summed E-state index contributed by atoms with van der Waals surface area (Å²) in [5, 5.41) is 20.1. The third kappa shape index (κ3) is 3.18. The Bertz CT molecular complexity index is 673. The Labute approximate surface area is 123 Å². The third-order valence-corrected chi connectivity index (χ3v) is 5.60. The molecule has 0 atom stereocenters. The first kappa shape index (κ1) is 15.0. The van der Waals surface area contributed by atoms with Crippen molar-refractivity contribution in [2.75, 3.05) is 6.17 Å².